The lowest BCUT2D eigenvalue weighted by molar-refractivity contribution is 0.713. The zero-order valence-electron chi connectivity index (χ0n) is 14.2. The van der Waals surface area contributed by atoms with Crippen LogP contribution in [-0.2, 0) is 0 Å². The molecule has 5 heterocycles. The normalized spacial score (nSPS) is 15.9. The van der Waals surface area contributed by atoms with Gasteiger partial charge in [-0.2, -0.15) is 5.10 Å². The number of anilines is 2. The van der Waals surface area contributed by atoms with E-state index in [9.17, 15) is 0 Å². The Bertz CT molecular complexity index is 1070. The van der Waals surface area contributed by atoms with E-state index in [0.717, 1.165) is 40.1 Å². The standard InChI is InChI=1S/C19H17N7/c1-2-26-16-5-7-21-11-15(16)23-19(26)17-14-8-13(10-22-18(14)25-24-17)12-4-3-6-20-9-12/h3-11,19,23H,2H2,1H3,(H,22,24,25). The van der Waals surface area contributed by atoms with E-state index in [2.05, 4.69) is 48.4 Å². The molecule has 4 aromatic rings. The summed E-state index contributed by atoms with van der Waals surface area (Å²) in [6.07, 6.45) is 9.09. The highest BCUT2D eigenvalue weighted by Crippen LogP contribution is 2.41. The highest BCUT2D eigenvalue weighted by atomic mass is 15.4. The summed E-state index contributed by atoms with van der Waals surface area (Å²) < 4.78 is 0. The minimum atomic E-state index is -0.0323. The van der Waals surface area contributed by atoms with Crippen molar-refractivity contribution in [1.82, 2.24) is 25.1 Å². The fraction of sp³-hybridized carbons (Fsp3) is 0.158. The van der Waals surface area contributed by atoms with Crippen molar-refractivity contribution in [2.75, 3.05) is 16.8 Å². The minimum Gasteiger partial charge on any atom is -0.357 e. The molecule has 7 heteroatoms. The van der Waals surface area contributed by atoms with Crippen molar-refractivity contribution in [1.29, 1.82) is 0 Å². The summed E-state index contributed by atoms with van der Waals surface area (Å²) in [4.78, 5) is 15.2. The molecule has 0 amide bonds. The lowest BCUT2D eigenvalue weighted by Crippen LogP contribution is -2.28. The number of nitrogens with one attached hydrogen (secondary N) is 2. The summed E-state index contributed by atoms with van der Waals surface area (Å²) in [5.41, 5.74) is 5.93. The summed E-state index contributed by atoms with van der Waals surface area (Å²) in [5.74, 6) is 0. The Kier molecular flexibility index (Phi) is 3.31. The molecule has 0 radical (unpaired) electrons. The quantitative estimate of drug-likeness (QED) is 0.593. The highest BCUT2D eigenvalue weighted by Gasteiger charge is 2.31. The number of H-pyrrole nitrogens is 1. The first-order valence-electron chi connectivity index (χ1n) is 8.57. The molecule has 1 atom stereocenters. The molecular formula is C19H17N7. The van der Waals surface area contributed by atoms with E-state index in [-0.39, 0.29) is 6.17 Å². The van der Waals surface area contributed by atoms with Crippen LogP contribution in [0.3, 0.4) is 0 Å². The molecule has 4 aromatic heterocycles. The van der Waals surface area contributed by atoms with Crippen LogP contribution in [0.4, 0.5) is 11.4 Å². The van der Waals surface area contributed by atoms with Crippen molar-refractivity contribution in [2.45, 2.75) is 13.1 Å². The highest BCUT2D eigenvalue weighted by molar-refractivity contribution is 5.86. The SMILES string of the molecule is CCN1c2ccncc2NC1c1[nH]nc2ncc(-c3cccnc3)cc12. The second-order valence-electron chi connectivity index (χ2n) is 6.20. The lowest BCUT2D eigenvalue weighted by Gasteiger charge is -2.24. The zero-order chi connectivity index (χ0) is 17.5. The molecule has 0 saturated carbocycles. The number of aromatic nitrogens is 5. The Morgan fingerprint density at radius 1 is 1.08 bits per heavy atom. The fourth-order valence-corrected chi connectivity index (χ4v) is 3.51. The molecule has 7 nitrogen and oxygen atoms in total. The van der Waals surface area contributed by atoms with Gasteiger partial charge in [0, 0.05) is 47.8 Å². The second kappa shape index (κ2) is 5.80. The van der Waals surface area contributed by atoms with Crippen LogP contribution in [0.15, 0.2) is 55.2 Å². The summed E-state index contributed by atoms with van der Waals surface area (Å²) >= 11 is 0. The molecule has 128 valence electrons. The molecule has 5 rings (SSSR count). The first kappa shape index (κ1) is 14.8. The first-order valence-corrected chi connectivity index (χ1v) is 8.57. The number of fused-ring (bicyclic) bond motifs is 2. The van der Waals surface area contributed by atoms with Crippen molar-refractivity contribution < 1.29 is 0 Å². The molecular weight excluding hydrogens is 326 g/mol. The topological polar surface area (TPSA) is 82.6 Å². The van der Waals surface area contributed by atoms with Crippen molar-refractivity contribution in [2.24, 2.45) is 0 Å². The third-order valence-corrected chi connectivity index (χ3v) is 4.76. The van der Waals surface area contributed by atoms with Crippen molar-refractivity contribution >= 4 is 22.4 Å². The summed E-state index contributed by atoms with van der Waals surface area (Å²) in [7, 11) is 0. The van der Waals surface area contributed by atoms with Crippen LogP contribution in [0.2, 0.25) is 0 Å². The molecule has 0 aliphatic carbocycles. The van der Waals surface area contributed by atoms with Gasteiger partial charge < -0.3 is 10.2 Å². The number of rotatable bonds is 3. The molecule has 0 bridgehead atoms. The predicted molar refractivity (Wildman–Crippen MR) is 101 cm³/mol. The Morgan fingerprint density at radius 3 is 2.85 bits per heavy atom. The van der Waals surface area contributed by atoms with Crippen LogP contribution < -0.4 is 10.2 Å². The molecule has 0 spiro atoms. The third kappa shape index (κ3) is 2.21. The Balaban J connectivity index is 1.62. The largest absolute Gasteiger partial charge is 0.357 e. The monoisotopic (exact) mass is 343 g/mol. The van der Waals surface area contributed by atoms with E-state index in [1.165, 1.54) is 0 Å². The van der Waals surface area contributed by atoms with Crippen LogP contribution in [0.25, 0.3) is 22.2 Å². The van der Waals surface area contributed by atoms with Crippen LogP contribution in [0.5, 0.6) is 0 Å². The average Bonchev–Trinajstić information content (AvgIpc) is 3.28. The second-order valence-corrected chi connectivity index (χ2v) is 6.20. The third-order valence-electron chi connectivity index (χ3n) is 4.76. The lowest BCUT2D eigenvalue weighted by atomic mass is 10.1. The molecule has 1 aliphatic heterocycles. The predicted octanol–water partition coefficient (Wildman–Crippen LogP) is 3.37. The van der Waals surface area contributed by atoms with E-state index >= 15 is 0 Å². The van der Waals surface area contributed by atoms with Crippen LogP contribution in [-0.4, -0.2) is 31.7 Å². The van der Waals surface area contributed by atoms with Gasteiger partial charge in [0.1, 0.15) is 6.17 Å². The van der Waals surface area contributed by atoms with E-state index in [1.807, 2.05) is 43.0 Å². The number of aromatic amines is 1. The van der Waals surface area contributed by atoms with Crippen molar-refractivity contribution in [3.8, 4) is 11.1 Å². The molecule has 0 saturated heterocycles. The van der Waals surface area contributed by atoms with Gasteiger partial charge in [-0.05, 0) is 25.1 Å². The summed E-state index contributed by atoms with van der Waals surface area (Å²) in [5, 5.41) is 12.1. The molecule has 1 unspecified atom stereocenters. The van der Waals surface area contributed by atoms with Gasteiger partial charge in [0.2, 0.25) is 0 Å². The number of hydrogen-bond acceptors (Lipinski definition) is 6. The summed E-state index contributed by atoms with van der Waals surface area (Å²) in [6.45, 7) is 3.01. The smallest absolute Gasteiger partial charge is 0.181 e. The molecule has 0 aromatic carbocycles. The maximum atomic E-state index is 4.52. The van der Waals surface area contributed by atoms with Crippen LogP contribution in [0, 0.1) is 0 Å². The van der Waals surface area contributed by atoms with Gasteiger partial charge in [-0.3, -0.25) is 15.1 Å². The van der Waals surface area contributed by atoms with Crippen LogP contribution >= 0.6 is 0 Å². The molecule has 1 aliphatic rings. The van der Waals surface area contributed by atoms with Gasteiger partial charge in [0.05, 0.1) is 23.3 Å². The Labute approximate surface area is 150 Å². The maximum Gasteiger partial charge on any atom is 0.181 e. The van der Waals surface area contributed by atoms with Crippen LogP contribution in [0.1, 0.15) is 18.8 Å². The fourth-order valence-electron chi connectivity index (χ4n) is 3.51. The zero-order valence-corrected chi connectivity index (χ0v) is 14.2. The number of nitrogens with zero attached hydrogens (tertiary/aromatic N) is 5. The van der Waals surface area contributed by atoms with Crippen molar-refractivity contribution in [3.63, 3.8) is 0 Å². The van der Waals surface area contributed by atoms with E-state index in [1.54, 1.807) is 6.20 Å². The van der Waals surface area contributed by atoms with Gasteiger partial charge in [-0.25, -0.2) is 4.98 Å². The molecule has 26 heavy (non-hydrogen) atoms. The van der Waals surface area contributed by atoms with E-state index < -0.39 is 0 Å². The Hall–Kier alpha value is -3.48. The molecule has 0 fully saturated rings. The Morgan fingerprint density at radius 2 is 2.00 bits per heavy atom. The first-order chi connectivity index (χ1) is 12.8. The van der Waals surface area contributed by atoms with Gasteiger partial charge in [-0.15, -0.1) is 0 Å². The number of pyridine rings is 3. The van der Waals surface area contributed by atoms with Gasteiger partial charge in [-0.1, -0.05) is 6.07 Å². The number of hydrogen-bond donors (Lipinski definition) is 2. The van der Waals surface area contributed by atoms with Gasteiger partial charge in [0.25, 0.3) is 0 Å². The maximum absolute atomic E-state index is 4.52. The van der Waals surface area contributed by atoms with Gasteiger partial charge >= 0.3 is 0 Å². The van der Waals surface area contributed by atoms with E-state index in [4.69, 9.17) is 0 Å². The molecule has 2 N–H and O–H groups in total. The van der Waals surface area contributed by atoms with Gasteiger partial charge in [0.15, 0.2) is 5.65 Å². The van der Waals surface area contributed by atoms with Crippen molar-refractivity contribution in [3.05, 3.63) is 60.9 Å². The average molecular weight is 343 g/mol. The van der Waals surface area contributed by atoms with E-state index in [0.29, 0.717) is 5.65 Å². The minimum absolute atomic E-state index is 0.0323. The summed E-state index contributed by atoms with van der Waals surface area (Å²) in [6, 6.07) is 8.11.